The number of benzene rings is 2. The van der Waals surface area contributed by atoms with Crippen molar-refractivity contribution in [2.45, 2.75) is 69.5 Å². The van der Waals surface area contributed by atoms with E-state index in [1.165, 1.54) is 0 Å². The molecule has 2 aromatic carbocycles. The minimum absolute atomic E-state index is 0.0214. The molecular formula is C33H44N4O4S. The van der Waals surface area contributed by atoms with Gasteiger partial charge in [0.1, 0.15) is 6.04 Å². The summed E-state index contributed by atoms with van der Waals surface area (Å²) in [6.07, 6.45) is 1.50. The predicted octanol–water partition coefficient (Wildman–Crippen LogP) is 4.85. The summed E-state index contributed by atoms with van der Waals surface area (Å²) in [4.78, 5) is 46.5. The van der Waals surface area contributed by atoms with Crippen LogP contribution in [0.1, 0.15) is 47.5 Å². The van der Waals surface area contributed by atoms with Crippen molar-refractivity contribution in [2.75, 3.05) is 35.2 Å². The molecule has 0 aliphatic carbocycles. The van der Waals surface area contributed by atoms with Gasteiger partial charge < -0.3 is 25.5 Å². The standard InChI is InChI=1S/C33H44N4O4S/c1-6-20(4)25(19-38)37-29(31(40)35-23-14-16-24(17-15-23)36(7-2)8-3)33-21(5)18-26(42-33)27(28(33)32(37)41)30(39)34-22-12-10-9-11-13-22/h9-17,20-21,25-29,38H,6-8,18-19H2,1-5H3,(H,34,39)(H,35,40)/t20-,21?,25-,26+,27-,28-,29?,33?/m0/s1. The number of carbonyl (C=O) groups is 3. The van der Waals surface area contributed by atoms with E-state index in [9.17, 15) is 19.5 Å². The number of hydrogen-bond acceptors (Lipinski definition) is 6. The third-order valence-corrected chi connectivity index (χ3v) is 12.0. The van der Waals surface area contributed by atoms with Crippen LogP contribution < -0.4 is 15.5 Å². The first kappa shape index (κ1) is 30.4. The normalized spacial score (nSPS) is 29.2. The maximum Gasteiger partial charge on any atom is 0.248 e. The van der Waals surface area contributed by atoms with E-state index in [2.05, 4.69) is 36.3 Å². The largest absolute Gasteiger partial charge is 0.394 e. The number of rotatable bonds is 11. The van der Waals surface area contributed by atoms with Crippen LogP contribution in [0.3, 0.4) is 0 Å². The molecule has 3 heterocycles. The van der Waals surface area contributed by atoms with E-state index in [0.29, 0.717) is 11.4 Å². The number of fused-ring (bicyclic) bond motifs is 1. The zero-order valence-electron chi connectivity index (χ0n) is 25.2. The first-order valence-electron chi connectivity index (χ1n) is 15.3. The summed E-state index contributed by atoms with van der Waals surface area (Å²) < 4.78 is -0.757. The van der Waals surface area contributed by atoms with Crippen molar-refractivity contribution in [3.05, 3.63) is 54.6 Å². The van der Waals surface area contributed by atoms with Crippen LogP contribution in [0.4, 0.5) is 17.1 Å². The fourth-order valence-electron chi connectivity index (χ4n) is 7.53. The van der Waals surface area contributed by atoms with Gasteiger partial charge in [0.2, 0.25) is 17.7 Å². The Morgan fingerprint density at radius 1 is 1.02 bits per heavy atom. The zero-order valence-corrected chi connectivity index (χ0v) is 26.1. The van der Waals surface area contributed by atoms with Gasteiger partial charge in [0, 0.05) is 35.4 Å². The molecule has 3 fully saturated rings. The molecule has 3 aliphatic rings. The van der Waals surface area contributed by atoms with E-state index in [4.69, 9.17) is 0 Å². The molecule has 9 heteroatoms. The fraction of sp³-hybridized carbons (Fsp3) is 0.545. The molecule has 3 aliphatic heterocycles. The molecule has 0 aromatic heterocycles. The van der Waals surface area contributed by atoms with Crippen LogP contribution in [-0.4, -0.2) is 69.5 Å². The summed E-state index contributed by atoms with van der Waals surface area (Å²) in [5.74, 6) is -1.80. The number of nitrogens with one attached hydrogen (secondary N) is 2. The van der Waals surface area contributed by atoms with Crippen molar-refractivity contribution in [3.63, 3.8) is 0 Å². The lowest BCUT2D eigenvalue weighted by Crippen LogP contribution is -2.58. The van der Waals surface area contributed by atoms with Gasteiger partial charge in [-0.25, -0.2) is 0 Å². The molecule has 3 amide bonds. The van der Waals surface area contributed by atoms with E-state index in [0.717, 1.165) is 31.6 Å². The van der Waals surface area contributed by atoms with Gasteiger partial charge in [0.05, 0.1) is 29.2 Å². The molecule has 0 saturated carbocycles. The quantitative estimate of drug-likeness (QED) is 0.345. The number of thioether (sulfide) groups is 1. The molecule has 3 N–H and O–H groups in total. The number of carbonyl (C=O) groups excluding carboxylic acids is 3. The summed E-state index contributed by atoms with van der Waals surface area (Å²) in [6, 6.07) is 15.8. The van der Waals surface area contributed by atoms with Gasteiger partial charge in [-0.15, -0.1) is 11.8 Å². The molecule has 2 aromatic rings. The summed E-state index contributed by atoms with van der Waals surface area (Å²) >= 11 is 1.65. The van der Waals surface area contributed by atoms with E-state index in [-0.39, 0.29) is 41.4 Å². The maximum atomic E-state index is 14.5. The van der Waals surface area contributed by atoms with Crippen LogP contribution in [-0.2, 0) is 14.4 Å². The van der Waals surface area contributed by atoms with Crippen LogP contribution >= 0.6 is 11.8 Å². The highest BCUT2D eigenvalue weighted by molar-refractivity contribution is 8.02. The average Bonchev–Trinajstić information content (AvgIpc) is 3.59. The Labute approximate surface area is 253 Å². The van der Waals surface area contributed by atoms with Gasteiger partial charge in [-0.1, -0.05) is 45.4 Å². The lowest BCUT2D eigenvalue weighted by atomic mass is 9.66. The lowest BCUT2D eigenvalue weighted by molar-refractivity contribution is -0.142. The van der Waals surface area contributed by atoms with Gasteiger partial charge in [-0.2, -0.15) is 0 Å². The molecule has 42 heavy (non-hydrogen) atoms. The molecule has 1 spiro atoms. The van der Waals surface area contributed by atoms with Gasteiger partial charge in [0.25, 0.3) is 0 Å². The monoisotopic (exact) mass is 592 g/mol. The Bertz CT molecular complexity index is 1290. The second-order valence-electron chi connectivity index (χ2n) is 12.0. The zero-order chi connectivity index (χ0) is 30.2. The average molecular weight is 593 g/mol. The maximum absolute atomic E-state index is 14.5. The molecular weight excluding hydrogens is 548 g/mol. The van der Waals surface area contributed by atoms with Crippen molar-refractivity contribution in [2.24, 2.45) is 23.7 Å². The lowest BCUT2D eigenvalue weighted by Gasteiger charge is -2.41. The van der Waals surface area contributed by atoms with Gasteiger partial charge in [-0.3, -0.25) is 14.4 Å². The molecule has 2 bridgehead atoms. The van der Waals surface area contributed by atoms with Crippen LogP contribution in [0.2, 0.25) is 0 Å². The molecule has 226 valence electrons. The highest BCUT2D eigenvalue weighted by Gasteiger charge is 2.76. The summed E-state index contributed by atoms with van der Waals surface area (Å²) in [5, 5.41) is 16.7. The Morgan fingerprint density at radius 3 is 2.24 bits per heavy atom. The van der Waals surface area contributed by atoms with Crippen molar-refractivity contribution >= 4 is 46.5 Å². The van der Waals surface area contributed by atoms with Gasteiger partial charge in [-0.05, 0) is 68.5 Å². The topological polar surface area (TPSA) is 102 Å². The number of aliphatic hydroxyl groups excluding tert-OH is 1. The number of nitrogens with zero attached hydrogens (tertiary/aromatic N) is 2. The number of para-hydroxylation sites is 1. The number of amides is 3. The van der Waals surface area contributed by atoms with Gasteiger partial charge >= 0.3 is 0 Å². The third-order valence-electron chi connectivity index (χ3n) is 9.88. The second-order valence-corrected chi connectivity index (χ2v) is 13.5. The van der Waals surface area contributed by atoms with Crippen molar-refractivity contribution in [1.29, 1.82) is 0 Å². The number of anilines is 3. The van der Waals surface area contributed by atoms with E-state index in [1.54, 1.807) is 16.7 Å². The van der Waals surface area contributed by atoms with Gasteiger partial charge in [0.15, 0.2) is 0 Å². The summed E-state index contributed by atoms with van der Waals surface area (Å²) in [5.41, 5.74) is 2.43. The van der Waals surface area contributed by atoms with Crippen LogP contribution in [0.5, 0.6) is 0 Å². The van der Waals surface area contributed by atoms with Crippen LogP contribution in [0.25, 0.3) is 0 Å². The van der Waals surface area contributed by atoms with Crippen molar-refractivity contribution in [1.82, 2.24) is 4.90 Å². The SMILES string of the molecule is CC[C@H](C)[C@H](CO)N1C(=O)[C@@H]2[C@@H](C(=O)Nc3ccccc3)[C@H]3CC(C)C2(S3)C1C(=O)Nc1ccc(N(CC)CC)cc1. The van der Waals surface area contributed by atoms with Crippen molar-refractivity contribution < 1.29 is 19.5 Å². The summed E-state index contributed by atoms with van der Waals surface area (Å²) in [6.45, 7) is 11.9. The highest BCUT2D eigenvalue weighted by atomic mass is 32.2. The van der Waals surface area contributed by atoms with E-state index >= 15 is 0 Å². The fourth-order valence-corrected chi connectivity index (χ4v) is 9.94. The third kappa shape index (κ3) is 4.98. The molecule has 5 rings (SSSR count). The first-order valence-corrected chi connectivity index (χ1v) is 16.2. The predicted molar refractivity (Wildman–Crippen MR) is 170 cm³/mol. The minimum atomic E-state index is -0.803. The first-order chi connectivity index (χ1) is 20.2. The van der Waals surface area contributed by atoms with Crippen LogP contribution in [0.15, 0.2) is 54.6 Å². The Hall–Kier alpha value is -3.04. The van der Waals surface area contributed by atoms with E-state index < -0.39 is 28.7 Å². The number of likely N-dealkylation sites (tertiary alicyclic amines) is 1. The molecule has 0 radical (unpaired) electrons. The summed E-state index contributed by atoms with van der Waals surface area (Å²) in [7, 11) is 0. The number of aliphatic hydroxyl groups is 1. The Morgan fingerprint density at radius 2 is 1.64 bits per heavy atom. The van der Waals surface area contributed by atoms with Crippen LogP contribution in [0, 0.1) is 23.7 Å². The minimum Gasteiger partial charge on any atom is -0.394 e. The van der Waals surface area contributed by atoms with E-state index in [1.807, 2.05) is 68.4 Å². The highest BCUT2D eigenvalue weighted by Crippen LogP contribution is 2.69. The molecule has 8 nitrogen and oxygen atoms in total. The molecule has 8 atom stereocenters. The Balaban J connectivity index is 1.51. The van der Waals surface area contributed by atoms with Crippen molar-refractivity contribution in [3.8, 4) is 0 Å². The Kier molecular flexibility index (Phi) is 8.90. The molecule has 3 saturated heterocycles. The smallest absolute Gasteiger partial charge is 0.248 e. The second kappa shape index (κ2) is 12.3. The number of hydrogen-bond donors (Lipinski definition) is 3. The molecule has 3 unspecified atom stereocenters.